The van der Waals surface area contributed by atoms with E-state index in [-0.39, 0.29) is 18.2 Å². The number of hydrogen-bond acceptors (Lipinski definition) is 3. The van der Waals surface area contributed by atoms with E-state index in [1.807, 2.05) is 0 Å². The maximum atomic E-state index is 13.6. The molecule has 0 saturated heterocycles. The van der Waals surface area contributed by atoms with E-state index in [0.29, 0.717) is 11.3 Å². The Morgan fingerprint density at radius 2 is 2.25 bits per heavy atom. The zero-order valence-corrected chi connectivity index (χ0v) is 12.1. The van der Waals surface area contributed by atoms with Gasteiger partial charge in [0, 0.05) is 34.4 Å². The van der Waals surface area contributed by atoms with Crippen molar-refractivity contribution in [3.8, 4) is 11.8 Å². The van der Waals surface area contributed by atoms with Crippen LogP contribution in [0.1, 0.15) is 22.8 Å². The number of aliphatic hydroxyl groups excluding tert-OH is 1. The van der Waals surface area contributed by atoms with Gasteiger partial charge in [-0.05, 0) is 25.1 Å². The normalized spacial score (nSPS) is 13.0. The van der Waals surface area contributed by atoms with Crippen LogP contribution in [0, 0.1) is 17.7 Å². The molecular weight excluding hydrogens is 281 g/mol. The molecule has 2 unspecified atom stereocenters. The van der Waals surface area contributed by atoms with Crippen LogP contribution in [0.3, 0.4) is 0 Å². The van der Waals surface area contributed by atoms with Crippen molar-refractivity contribution in [3.63, 3.8) is 0 Å². The van der Waals surface area contributed by atoms with Gasteiger partial charge in [0.05, 0.1) is 5.56 Å². The summed E-state index contributed by atoms with van der Waals surface area (Å²) in [6.07, 6.45) is 1.54. The third-order valence-corrected chi connectivity index (χ3v) is 3.35. The Hall–Kier alpha value is -1.71. The molecule has 6 heteroatoms. The standard InChI is InChI=1S/C14H16FNO3S/c1-10(9-20(2)19)16-14(18)12-8-11(4-3-7-17)5-6-13(12)15/h5-6,8,10,17H,7,9H2,1-2H3,(H,16,18). The van der Waals surface area contributed by atoms with Gasteiger partial charge in [-0.3, -0.25) is 9.00 Å². The van der Waals surface area contributed by atoms with Gasteiger partial charge in [0.25, 0.3) is 5.91 Å². The predicted octanol–water partition coefficient (Wildman–Crippen LogP) is 0.666. The van der Waals surface area contributed by atoms with E-state index >= 15 is 0 Å². The van der Waals surface area contributed by atoms with Crippen molar-refractivity contribution in [2.24, 2.45) is 0 Å². The van der Waals surface area contributed by atoms with Crippen molar-refractivity contribution >= 4 is 16.7 Å². The van der Waals surface area contributed by atoms with E-state index in [4.69, 9.17) is 5.11 Å². The van der Waals surface area contributed by atoms with Crippen LogP contribution in [0.2, 0.25) is 0 Å². The lowest BCUT2D eigenvalue weighted by molar-refractivity contribution is 0.0939. The molecule has 4 nitrogen and oxygen atoms in total. The average Bonchev–Trinajstić information content (AvgIpc) is 2.36. The third-order valence-electron chi connectivity index (χ3n) is 2.38. The van der Waals surface area contributed by atoms with Gasteiger partial charge in [0.15, 0.2) is 0 Å². The number of amides is 1. The topological polar surface area (TPSA) is 66.4 Å². The van der Waals surface area contributed by atoms with Crippen LogP contribution < -0.4 is 5.32 Å². The number of halogens is 1. The molecule has 1 aromatic rings. The molecule has 2 N–H and O–H groups in total. The van der Waals surface area contributed by atoms with E-state index in [2.05, 4.69) is 17.2 Å². The van der Waals surface area contributed by atoms with Crippen LogP contribution in [-0.4, -0.2) is 39.9 Å². The molecule has 0 spiro atoms. The summed E-state index contributed by atoms with van der Waals surface area (Å²) in [4.78, 5) is 11.9. The smallest absolute Gasteiger partial charge is 0.254 e. The van der Waals surface area contributed by atoms with Crippen molar-refractivity contribution < 1.29 is 18.5 Å². The fraction of sp³-hybridized carbons (Fsp3) is 0.357. The van der Waals surface area contributed by atoms with Crippen molar-refractivity contribution in [2.45, 2.75) is 13.0 Å². The Morgan fingerprint density at radius 1 is 1.55 bits per heavy atom. The fourth-order valence-corrected chi connectivity index (χ4v) is 2.40. The molecule has 0 aliphatic rings. The molecule has 1 aromatic carbocycles. The summed E-state index contributed by atoms with van der Waals surface area (Å²) >= 11 is 0. The monoisotopic (exact) mass is 297 g/mol. The highest BCUT2D eigenvalue weighted by Crippen LogP contribution is 2.10. The van der Waals surface area contributed by atoms with Crippen LogP contribution in [0.5, 0.6) is 0 Å². The number of carbonyl (C=O) groups excluding carboxylic acids is 1. The Morgan fingerprint density at radius 3 is 2.85 bits per heavy atom. The highest BCUT2D eigenvalue weighted by atomic mass is 32.2. The number of carbonyl (C=O) groups is 1. The summed E-state index contributed by atoms with van der Waals surface area (Å²) in [5.74, 6) is 4.11. The van der Waals surface area contributed by atoms with E-state index < -0.39 is 22.5 Å². The van der Waals surface area contributed by atoms with Gasteiger partial charge in [-0.2, -0.15) is 0 Å². The maximum Gasteiger partial charge on any atom is 0.254 e. The molecule has 1 amide bonds. The lowest BCUT2D eigenvalue weighted by atomic mass is 10.1. The van der Waals surface area contributed by atoms with Crippen molar-refractivity contribution in [1.29, 1.82) is 0 Å². The first-order valence-corrected chi connectivity index (χ1v) is 7.67. The second kappa shape index (κ2) is 7.78. The Labute approximate surface area is 119 Å². The summed E-state index contributed by atoms with van der Waals surface area (Å²) in [5.41, 5.74) is 0.320. The minimum absolute atomic E-state index is 0.122. The molecule has 2 atom stereocenters. The third kappa shape index (κ3) is 5.11. The first-order valence-electron chi connectivity index (χ1n) is 5.94. The number of hydrogen-bond donors (Lipinski definition) is 2. The number of nitrogens with one attached hydrogen (secondary N) is 1. The predicted molar refractivity (Wildman–Crippen MR) is 76.2 cm³/mol. The summed E-state index contributed by atoms with van der Waals surface area (Å²) in [5, 5.41) is 11.2. The van der Waals surface area contributed by atoms with E-state index in [1.165, 1.54) is 18.4 Å². The lowest BCUT2D eigenvalue weighted by Gasteiger charge is -2.12. The molecule has 0 radical (unpaired) electrons. The second-order valence-corrected chi connectivity index (χ2v) is 5.75. The first kappa shape index (κ1) is 16.3. The molecule has 0 aliphatic carbocycles. The van der Waals surface area contributed by atoms with Crippen molar-refractivity contribution in [3.05, 3.63) is 35.1 Å². The highest BCUT2D eigenvalue weighted by Gasteiger charge is 2.15. The van der Waals surface area contributed by atoms with Crippen LogP contribution in [0.4, 0.5) is 4.39 Å². The van der Waals surface area contributed by atoms with E-state index in [9.17, 15) is 13.4 Å². The summed E-state index contributed by atoms with van der Waals surface area (Å²) in [7, 11) is -1.04. The number of benzene rings is 1. The van der Waals surface area contributed by atoms with Gasteiger partial charge in [-0.25, -0.2) is 4.39 Å². The lowest BCUT2D eigenvalue weighted by Crippen LogP contribution is -2.36. The second-order valence-electron chi connectivity index (χ2n) is 4.27. The maximum absolute atomic E-state index is 13.6. The Kier molecular flexibility index (Phi) is 6.36. The molecule has 0 saturated carbocycles. The van der Waals surface area contributed by atoms with Crippen LogP contribution in [0.15, 0.2) is 18.2 Å². The molecule has 0 fully saturated rings. The molecular formula is C14H16FNO3S. The summed E-state index contributed by atoms with van der Waals surface area (Å²) in [6, 6.07) is 3.58. The van der Waals surface area contributed by atoms with Gasteiger partial charge in [0.1, 0.15) is 12.4 Å². The average molecular weight is 297 g/mol. The van der Waals surface area contributed by atoms with E-state index in [0.717, 1.165) is 6.07 Å². The fourth-order valence-electron chi connectivity index (χ4n) is 1.61. The van der Waals surface area contributed by atoms with Crippen molar-refractivity contribution in [1.82, 2.24) is 5.32 Å². The zero-order valence-electron chi connectivity index (χ0n) is 11.3. The van der Waals surface area contributed by atoms with Crippen LogP contribution in [-0.2, 0) is 10.8 Å². The molecule has 0 bridgehead atoms. The van der Waals surface area contributed by atoms with Crippen molar-refractivity contribution in [2.75, 3.05) is 18.6 Å². The minimum Gasteiger partial charge on any atom is -0.384 e. The molecule has 1 rings (SSSR count). The first-order chi connectivity index (χ1) is 9.43. The zero-order chi connectivity index (χ0) is 15.1. The molecule has 20 heavy (non-hydrogen) atoms. The van der Waals surface area contributed by atoms with Gasteiger partial charge < -0.3 is 10.4 Å². The summed E-state index contributed by atoms with van der Waals surface area (Å²) < 4.78 is 24.7. The molecule has 108 valence electrons. The SMILES string of the molecule is CC(CS(C)=O)NC(=O)c1cc(C#CCO)ccc1F. The molecule has 0 aliphatic heterocycles. The molecule has 0 aromatic heterocycles. The highest BCUT2D eigenvalue weighted by molar-refractivity contribution is 7.84. The molecule has 0 heterocycles. The van der Waals surface area contributed by atoms with Crippen LogP contribution >= 0.6 is 0 Å². The van der Waals surface area contributed by atoms with Gasteiger partial charge >= 0.3 is 0 Å². The number of rotatable bonds is 4. The quantitative estimate of drug-likeness (QED) is 0.803. The van der Waals surface area contributed by atoms with Crippen LogP contribution in [0.25, 0.3) is 0 Å². The Bertz CT molecular complexity index is 578. The van der Waals surface area contributed by atoms with E-state index in [1.54, 1.807) is 6.92 Å². The minimum atomic E-state index is -1.04. The summed E-state index contributed by atoms with van der Waals surface area (Å²) in [6.45, 7) is 1.39. The van der Waals surface area contributed by atoms with Gasteiger partial charge in [-0.1, -0.05) is 11.8 Å². The number of aliphatic hydroxyl groups is 1. The Balaban J connectivity index is 2.89. The van der Waals surface area contributed by atoms with Gasteiger partial charge in [0.2, 0.25) is 0 Å². The largest absolute Gasteiger partial charge is 0.384 e. The van der Waals surface area contributed by atoms with Gasteiger partial charge in [-0.15, -0.1) is 0 Å².